The number of carbonyl (C=O) groups is 5. The van der Waals surface area contributed by atoms with E-state index < -0.39 is 70.0 Å². The first kappa shape index (κ1) is 27.0. The van der Waals surface area contributed by atoms with Gasteiger partial charge in [0.05, 0.1) is 30.6 Å². The van der Waals surface area contributed by atoms with Crippen molar-refractivity contribution in [3.63, 3.8) is 0 Å². The molecule has 12 heteroatoms. The Hall–Kier alpha value is -3.28. The van der Waals surface area contributed by atoms with Crippen molar-refractivity contribution >= 4 is 30.1 Å². The smallest absolute Gasteiger partial charge is 0.424 e. The molecule has 0 radical (unpaired) electrons. The van der Waals surface area contributed by atoms with E-state index in [9.17, 15) is 37.1 Å². The van der Waals surface area contributed by atoms with Crippen LogP contribution in [0.5, 0.6) is 0 Å². The molecule has 0 saturated carbocycles. The molecular weight excluding hydrogens is 459 g/mol. The lowest BCUT2D eigenvalue weighted by Gasteiger charge is -2.33. The average Bonchev–Trinajstić information content (AvgIpc) is 3.26. The lowest BCUT2D eigenvalue weighted by molar-refractivity contribution is -0.761. The zero-order valence-electron chi connectivity index (χ0n) is 18.7. The summed E-state index contributed by atoms with van der Waals surface area (Å²) < 4.78 is 39.2. The van der Waals surface area contributed by atoms with Crippen molar-refractivity contribution < 1.29 is 46.7 Å². The first-order valence-corrected chi connectivity index (χ1v) is 10.7. The molecule has 0 unspecified atom stereocenters. The summed E-state index contributed by atoms with van der Waals surface area (Å²) >= 11 is 0. The molecule has 2 rings (SSSR count). The summed E-state index contributed by atoms with van der Waals surface area (Å²) in [6.45, 7) is 3.23. The topological polar surface area (TPSA) is 130 Å². The number of quaternary nitrogens is 1. The standard InChI is InChI=1S/C22H26F3N3O6/c1-13(2)18(27-19(32)15-7-3-4-8-16(15)22(23,24)25)20(33)28(9-5-6-10-28)21(34)26-14(12-29)11-17(30)31/h3-4,7-8,12-14,18H,5-6,9-11H2,1-2H3,(H2-,26,27,30,31,32,34)/p+1/t14-,18-/m0/s1. The SMILES string of the molecule is CC(C)[C@H](NC(=O)c1ccccc1C(F)(F)F)C(=O)[N+]1(C(=O)N[C@H](C=O)CC(=O)O)CCCC1. The molecule has 4 amide bonds. The second kappa shape index (κ2) is 10.8. The number of amides is 4. The van der Waals surface area contributed by atoms with Crippen LogP contribution in [0.2, 0.25) is 0 Å². The van der Waals surface area contributed by atoms with Gasteiger partial charge in [0, 0.05) is 12.8 Å². The van der Waals surface area contributed by atoms with Gasteiger partial charge in [0.1, 0.15) is 18.4 Å². The summed E-state index contributed by atoms with van der Waals surface area (Å²) in [6, 6.07) is 0.585. The second-order valence-corrected chi connectivity index (χ2v) is 8.49. The van der Waals surface area contributed by atoms with Crippen LogP contribution in [0.25, 0.3) is 0 Å². The highest BCUT2D eigenvalue weighted by Gasteiger charge is 2.52. The Kier molecular flexibility index (Phi) is 8.54. The van der Waals surface area contributed by atoms with Gasteiger partial charge in [-0.2, -0.15) is 17.7 Å². The minimum Gasteiger partial charge on any atom is -0.481 e. The van der Waals surface area contributed by atoms with E-state index in [0.29, 0.717) is 12.8 Å². The second-order valence-electron chi connectivity index (χ2n) is 8.49. The number of rotatable bonds is 8. The van der Waals surface area contributed by atoms with Gasteiger partial charge in [-0.15, -0.1) is 0 Å². The molecule has 1 aliphatic rings. The largest absolute Gasteiger partial charge is 0.481 e. The van der Waals surface area contributed by atoms with Gasteiger partial charge in [0.25, 0.3) is 5.91 Å². The predicted octanol–water partition coefficient (Wildman–Crippen LogP) is 2.35. The number of benzene rings is 1. The van der Waals surface area contributed by atoms with Crippen LogP contribution < -0.4 is 10.6 Å². The molecule has 1 heterocycles. The zero-order valence-corrected chi connectivity index (χ0v) is 18.7. The molecule has 9 nitrogen and oxygen atoms in total. The fourth-order valence-electron chi connectivity index (χ4n) is 3.93. The van der Waals surface area contributed by atoms with Gasteiger partial charge in [0.2, 0.25) is 0 Å². The number of aldehydes is 1. The summed E-state index contributed by atoms with van der Waals surface area (Å²) in [6.07, 6.45) is -4.28. The highest BCUT2D eigenvalue weighted by Crippen LogP contribution is 2.32. The maximum atomic E-state index is 13.6. The number of aliphatic carboxylic acids is 1. The molecule has 1 aromatic carbocycles. The maximum Gasteiger partial charge on any atom is 0.424 e. The van der Waals surface area contributed by atoms with Crippen molar-refractivity contribution in [2.45, 2.75) is 51.4 Å². The van der Waals surface area contributed by atoms with E-state index in [1.807, 2.05) is 0 Å². The summed E-state index contributed by atoms with van der Waals surface area (Å²) in [5.74, 6) is -3.77. The van der Waals surface area contributed by atoms with Crippen LogP contribution in [0.15, 0.2) is 24.3 Å². The molecule has 1 aromatic rings. The molecule has 0 aliphatic carbocycles. The van der Waals surface area contributed by atoms with E-state index in [1.54, 1.807) is 13.8 Å². The third-order valence-electron chi connectivity index (χ3n) is 5.70. The van der Waals surface area contributed by atoms with E-state index in [0.717, 1.165) is 18.2 Å². The van der Waals surface area contributed by atoms with Crippen LogP contribution in [0.3, 0.4) is 0 Å². The fourth-order valence-corrected chi connectivity index (χ4v) is 3.93. The van der Waals surface area contributed by atoms with E-state index >= 15 is 0 Å². The van der Waals surface area contributed by atoms with Crippen molar-refractivity contribution in [1.82, 2.24) is 10.6 Å². The predicted molar refractivity (Wildman–Crippen MR) is 112 cm³/mol. The molecule has 1 saturated heterocycles. The molecule has 34 heavy (non-hydrogen) atoms. The van der Waals surface area contributed by atoms with E-state index in [-0.39, 0.29) is 19.4 Å². The van der Waals surface area contributed by atoms with Crippen molar-refractivity contribution in [2.75, 3.05) is 13.1 Å². The molecule has 2 atom stereocenters. The zero-order chi connectivity index (χ0) is 25.7. The third kappa shape index (κ3) is 5.99. The molecule has 186 valence electrons. The van der Waals surface area contributed by atoms with Gasteiger partial charge in [-0.3, -0.25) is 14.9 Å². The molecule has 0 bridgehead atoms. The van der Waals surface area contributed by atoms with Gasteiger partial charge < -0.3 is 15.2 Å². The van der Waals surface area contributed by atoms with Crippen LogP contribution in [-0.4, -0.2) is 64.9 Å². The van der Waals surface area contributed by atoms with Gasteiger partial charge in [-0.25, -0.2) is 9.59 Å². The normalized spacial score (nSPS) is 17.0. The number of hydrogen-bond acceptors (Lipinski definition) is 5. The average molecular weight is 486 g/mol. The van der Waals surface area contributed by atoms with Gasteiger partial charge in [-0.05, 0) is 18.1 Å². The number of urea groups is 1. The summed E-state index contributed by atoms with van der Waals surface area (Å²) in [5, 5.41) is 13.5. The lowest BCUT2D eigenvalue weighted by atomic mass is 10.00. The van der Waals surface area contributed by atoms with Crippen molar-refractivity contribution in [3.05, 3.63) is 35.4 Å². The number of hydrogen-bond donors (Lipinski definition) is 3. The Morgan fingerprint density at radius 1 is 1.09 bits per heavy atom. The van der Waals surface area contributed by atoms with E-state index in [2.05, 4.69) is 10.6 Å². The first-order valence-electron chi connectivity index (χ1n) is 10.7. The van der Waals surface area contributed by atoms with E-state index in [1.165, 1.54) is 6.07 Å². The lowest BCUT2D eigenvalue weighted by Crippen LogP contribution is -2.66. The van der Waals surface area contributed by atoms with Crippen molar-refractivity contribution in [3.8, 4) is 0 Å². The number of halogens is 3. The Bertz CT molecular complexity index is 957. The van der Waals surface area contributed by atoms with Crippen molar-refractivity contribution in [2.24, 2.45) is 5.92 Å². The fraction of sp³-hybridized carbons (Fsp3) is 0.500. The third-order valence-corrected chi connectivity index (χ3v) is 5.70. The minimum atomic E-state index is -4.79. The number of alkyl halides is 3. The number of carboxylic acids is 1. The molecule has 0 spiro atoms. The maximum absolute atomic E-state index is 13.6. The monoisotopic (exact) mass is 486 g/mol. The highest BCUT2D eigenvalue weighted by molar-refractivity contribution is 5.99. The van der Waals surface area contributed by atoms with Crippen LogP contribution in [-0.2, 0) is 20.6 Å². The van der Waals surface area contributed by atoms with Crippen LogP contribution in [0.4, 0.5) is 18.0 Å². The Labute approximate surface area is 193 Å². The number of likely N-dealkylation sites (tertiary alicyclic amines) is 1. The number of nitrogens with one attached hydrogen (secondary N) is 2. The molecular formula is C22H27F3N3O6+. The van der Waals surface area contributed by atoms with Crippen LogP contribution in [0, 0.1) is 5.92 Å². The van der Waals surface area contributed by atoms with Gasteiger partial charge in [-0.1, -0.05) is 26.0 Å². The van der Waals surface area contributed by atoms with Gasteiger partial charge in [0.15, 0.2) is 0 Å². The summed E-state index contributed by atoms with van der Waals surface area (Å²) in [7, 11) is 0. The number of nitrogens with zero attached hydrogens (tertiary/aromatic N) is 1. The Balaban J connectivity index is 2.34. The van der Waals surface area contributed by atoms with Gasteiger partial charge >= 0.3 is 24.1 Å². The number of carbonyl (C=O) groups excluding carboxylic acids is 4. The Morgan fingerprint density at radius 2 is 1.68 bits per heavy atom. The highest BCUT2D eigenvalue weighted by atomic mass is 19.4. The Morgan fingerprint density at radius 3 is 2.18 bits per heavy atom. The summed E-state index contributed by atoms with van der Waals surface area (Å²) in [5.41, 5.74) is -1.82. The van der Waals surface area contributed by atoms with E-state index in [4.69, 9.17) is 5.11 Å². The number of carboxylic acid groups (broad SMARTS) is 1. The first-order chi connectivity index (χ1) is 15.8. The van der Waals surface area contributed by atoms with Crippen LogP contribution >= 0.6 is 0 Å². The molecule has 3 N–H and O–H groups in total. The van der Waals surface area contributed by atoms with Crippen molar-refractivity contribution in [1.29, 1.82) is 0 Å². The number of imide groups is 1. The molecule has 1 aliphatic heterocycles. The molecule has 1 fully saturated rings. The molecule has 0 aromatic heterocycles. The van der Waals surface area contributed by atoms with Crippen LogP contribution in [0.1, 0.15) is 49.0 Å². The quantitative estimate of drug-likeness (QED) is 0.382. The minimum absolute atomic E-state index is 0.0432. The summed E-state index contributed by atoms with van der Waals surface area (Å²) in [4.78, 5) is 61.5.